The summed E-state index contributed by atoms with van der Waals surface area (Å²) in [4.78, 5) is 16.9. The van der Waals surface area contributed by atoms with Crippen molar-refractivity contribution in [2.75, 3.05) is 31.7 Å². The van der Waals surface area contributed by atoms with Crippen LogP contribution in [0.15, 0.2) is 84.9 Å². The zero-order valence-electron chi connectivity index (χ0n) is 19.2. The second kappa shape index (κ2) is 10.1. The van der Waals surface area contributed by atoms with E-state index in [0.29, 0.717) is 6.54 Å². The van der Waals surface area contributed by atoms with Gasteiger partial charge in [-0.2, -0.15) is 0 Å². The minimum absolute atomic E-state index is 0. The van der Waals surface area contributed by atoms with Crippen molar-refractivity contribution < 1.29 is 4.79 Å². The molecule has 5 rings (SSSR count). The van der Waals surface area contributed by atoms with Gasteiger partial charge in [-0.15, -0.1) is 12.4 Å². The summed E-state index contributed by atoms with van der Waals surface area (Å²) in [6.45, 7) is 3.89. The summed E-state index contributed by atoms with van der Waals surface area (Å²) >= 11 is 0. The number of fused-ring (bicyclic) bond motifs is 1. The Bertz CT molecular complexity index is 1070. The van der Waals surface area contributed by atoms with Crippen molar-refractivity contribution in [2.24, 2.45) is 0 Å². The first kappa shape index (κ1) is 23.5. The highest BCUT2D eigenvalue weighted by Gasteiger charge is 2.53. The van der Waals surface area contributed by atoms with Gasteiger partial charge in [-0.05, 0) is 61.7 Å². The van der Waals surface area contributed by atoms with Gasteiger partial charge in [-0.3, -0.25) is 4.79 Å². The van der Waals surface area contributed by atoms with Crippen LogP contribution >= 0.6 is 12.4 Å². The van der Waals surface area contributed by atoms with E-state index in [-0.39, 0.29) is 18.3 Å². The van der Waals surface area contributed by atoms with E-state index in [0.717, 1.165) is 42.9 Å². The number of amides is 1. The number of para-hydroxylation sites is 1. The summed E-state index contributed by atoms with van der Waals surface area (Å²) < 4.78 is 0. The zero-order valence-corrected chi connectivity index (χ0v) is 20.0. The van der Waals surface area contributed by atoms with Crippen LogP contribution in [0.1, 0.15) is 36.0 Å². The van der Waals surface area contributed by atoms with E-state index >= 15 is 0 Å². The second-order valence-electron chi connectivity index (χ2n) is 9.01. The molecular formula is C28H32ClN3O. The largest absolute Gasteiger partial charge is 0.303 e. The molecule has 0 spiro atoms. The van der Waals surface area contributed by atoms with Crippen LogP contribution in [-0.2, 0) is 16.8 Å². The zero-order chi connectivity index (χ0) is 22.0. The molecule has 0 aliphatic carbocycles. The molecule has 2 heterocycles. The van der Waals surface area contributed by atoms with Gasteiger partial charge >= 0.3 is 0 Å². The molecule has 4 nitrogen and oxygen atoms in total. The van der Waals surface area contributed by atoms with Crippen molar-refractivity contribution >= 4 is 24.0 Å². The molecule has 172 valence electrons. The van der Waals surface area contributed by atoms with E-state index in [9.17, 15) is 4.79 Å². The molecule has 0 bridgehead atoms. The molecule has 1 fully saturated rings. The van der Waals surface area contributed by atoms with E-state index in [1.54, 1.807) is 0 Å². The number of halogens is 1. The molecular weight excluding hydrogens is 430 g/mol. The van der Waals surface area contributed by atoms with Gasteiger partial charge in [0, 0.05) is 13.6 Å². The van der Waals surface area contributed by atoms with Crippen LogP contribution < -0.4 is 5.01 Å². The number of benzene rings is 3. The fourth-order valence-corrected chi connectivity index (χ4v) is 5.40. The van der Waals surface area contributed by atoms with Gasteiger partial charge in [0.05, 0.1) is 5.69 Å². The van der Waals surface area contributed by atoms with Crippen molar-refractivity contribution in [3.05, 3.63) is 102 Å². The van der Waals surface area contributed by atoms with Crippen LogP contribution in [0.2, 0.25) is 0 Å². The third kappa shape index (κ3) is 4.31. The maximum absolute atomic E-state index is 14.4. The van der Waals surface area contributed by atoms with Crippen molar-refractivity contribution in [2.45, 2.75) is 31.2 Å². The third-order valence-corrected chi connectivity index (χ3v) is 7.01. The lowest BCUT2D eigenvalue weighted by atomic mass is 9.72. The summed E-state index contributed by atoms with van der Waals surface area (Å²) in [7, 11) is 2.02. The minimum Gasteiger partial charge on any atom is -0.303 e. The van der Waals surface area contributed by atoms with E-state index in [4.69, 9.17) is 0 Å². The molecule has 0 aromatic heterocycles. The molecule has 3 aromatic rings. The predicted octanol–water partition coefficient (Wildman–Crippen LogP) is 5.27. The van der Waals surface area contributed by atoms with E-state index < -0.39 is 5.41 Å². The summed E-state index contributed by atoms with van der Waals surface area (Å²) in [5, 5.41) is 3.98. The molecule has 2 aliphatic rings. The number of hydrogen-bond acceptors (Lipinski definition) is 3. The van der Waals surface area contributed by atoms with Gasteiger partial charge in [0.1, 0.15) is 5.41 Å². The predicted molar refractivity (Wildman–Crippen MR) is 137 cm³/mol. The Morgan fingerprint density at radius 1 is 0.848 bits per heavy atom. The van der Waals surface area contributed by atoms with Crippen LogP contribution in [0, 0.1) is 0 Å². The molecule has 5 heteroatoms. The van der Waals surface area contributed by atoms with Crippen LogP contribution in [0.25, 0.3) is 0 Å². The first-order valence-electron chi connectivity index (χ1n) is 11.7. The first-order valence-corrected chi connectivity index (χ1v) is 11.7. The molecule has 33 heavy (non-hydrogen) atoms. The van der Waals surface area contributed by atoms with Crippen molar-refractivity contribution in [1.82, 2.24) is 9.91 Å². The first-order chi connectivity index (χ1) is 15.7. The minimum atomic E-state index is -0.661. The number of hydrazine groups is 1. The third-order valence-electron chi connectivity index (χ3n) is 7.01. The van der Waals surface area contributed by atoms with Gasteiger partial charge in [0.25, 0.3) is 5.91 Å². The lowest BCUT2D eigenvalue weighted by molar-refractivity contribution is -0.125. The standard InChI is InChI=1S/C28H31N3O.ClH/c1-29(22-23-12-4-2-5-13-23)31-26-17-9-8-16-25(26)28(27(31)32,24-14-6-3-7-15-24)18-21-30-19-10-11-20-30;/h2-9,12-17H,10-11,18-22H2,1H3;1H. The lowest BCUT2D eigenvalue weighted by Gasteiger charge is -2.34. The van der Waals surface area contributed by atoms with Crippen LogP contribution in [0.5, 0.6) is 0 Å². The Morgan fingerprint density at radius 2 is 1.45 bits per heavy atom. The smallest absolute Gasteiger partial charge is 0.256 e. The van der Waals surface area contributed by atoms with Gasteiger partial charge in [0.2, 0.25) is 0 Å². The summed E-state index contributed by atoms with van der Waals surface area (Å²) in [6, 6.07) is 29.1. The number of rotatable bonds is 7. The average molecular weight is 462 g/mol. The number of carbonyl (C=O) groups excluding carboxylic acids is 1. The fraction of sp³-hybridized carbons (Fsp3) is 0.321. The molecule has 0 radical (unpaired) electrons. The Balaban J connectivity index is 0.00000259. The topological polar surface area (TPSA) is 26.8 Å². The number of anilines is 1. The monoisotopic (exact) mass is 461 g/mol. The lowest BCUT2D eigenvalue weighted by Crippen LogP contribution is -2.49. The summed E-state index contributed by atoms with van der Waals surface area (Å²) in [5.41, 5.74) is 3.74. The Kier molecular flexibility index (Phi) is 7.18. The fourth-order valence-electron chi connectivity index (χ4n) is 5.40. The van der Waals surface area contributed by atoms with E-state index in [2.05, 4.69) is 64.5 Å². The van der Waals surface area contributed by atoms with Crippen molar-refractivity contribution in [3.8, 4) is 0 Å². The van der Waals surface area contributed by atoms with E-state index in [1.807, 2.05) is 42.4 Å². The summed E-state index contributed by atoms with van der Waals surface area (Å²) in [5.74, 6) is 0.155. The van der Waals surface area contributed by atoms with E-state index in [1.165, 1.54) is 18.4 Å². The highest BCUT2D eigenvalue weighted by atomic mass is 35.5. The Labute approximate surface area is 203 Å². The number of nitrogens with zero attached hydrogens (tertiary/aromatic N) is 3. The number of carbonyl (C=O) groups is 1. The van der Waals surface area contributed by atoms with Crippen LogP contribution in [0.3, 0.4) is 0 Å². The van der Waals surface area contributed by atoms with Crippen LogP contribution in [-0.4, -0.2) is 42.5 Å². The Hall–Kier alpha value is -2.66. The number of hydrogen-bond donors (Lipinski definition) is 0. The van der Waals surface area contributed by atoms with Crippen molar-refractivity contribution in [1.29, 1.82) is 0 Å². The molecule has 1 amide bonds. The molecule has 1 atom stereocenters. The van der Waals surface area contributed by atoms with Crippen LogP contribution in [0.4, 0.5) is 5.69 Å². The molecule has 1 unspecified atom stereocenters. The quantitative estimate of drug-likeness (QED) is 0.479. The molecule has 2 aliphatic heterocycles. The summed E-state index contributed by atoms with van der Waals surface area (Å²) in [6.07, 6.45) is 3.31. The molecule has 1 saturated heterocycles. The average Bonchev–Trinajstić information content (AvgIpc) is 3.44. The number of likely N-dealkylation sites (tertiary alicyclic amines) is 1. The highest BCUT2D eigenvalue weighted by Crippen LogP contribution is 2.49. The molecule has 0 N–H and O–H groups in total. The molecule has 3 aromatic carbocycles. The second-order valence-corrected chi connectivity index (χ2v) is 9.01. The molecule has 0 saturated carbocycles. The maximum Gasteiger partial charge on any atom is 0.256 e. The van der Waals surface area contributed by atoms with Gasteiger partial charge in [-0.1, -0.05) is 78.9 Å². The Morgan fingerprint density at radius 3 is 2.15 bits per heavy atom. The van der Waals surface area contributed by atoms with Crippen molar-refractivity contribution in [3.63, 3.8) is 0 Å². The normalized spacial score (nSPS) is 20.2. The highest BCUT2D eigenvalue weighted by molar-refractivity contribution is 6.09. The maximum atomic E-state index is 14.4. The van der Waals surface area contributed by atoms with Gasteiger partial charge in [-0.25, -0.2) is 10.0 Å². The SMILES string of the molecule is CN(Cc1ccccc1)N1C(=O)C(CCN2CCCC2)(c2ccccc2)c2ccccc21.Cl. The van der Waals surface area contributed by atoms with Gasteiger partial charge in [0.15, 0.2) is 0 Å². The van der Waals surface area contributed by atoms with Gasteiger partial charge < -0.3 is 4.90 Å².